The van der Waals surface area contributed by atoms with Crippen molar-refractivity contribution in [1.82, 2.24) is 4.72 Å². The Kier molecular flexibility index (Phi) is 7.86. The number of carbonyl (C=O) groups is 2. The maximum absolute atomic E-state index is 13.2. The van der Waals surface area contributed by atoms with Crippen LogP contribution in [0.1, 0.15) is 50.3 Å². The number of sulfonamides is 1. The van der Waals surface area contributed by atoms with Crippen LogP contribution in [-0.4, -0.2) is 26.4 Å². The smallest absolute Gasteiger partial charge is 0.308 e. The van der Waals surface area contributed by atoms with E-state index in [0.29, 0.717) is 17.1 Å². The Morgan fingerprint density at radius 3 is 1.59 bits per heavy atom. The highest BCUT2D eigenvalue weighted by Crippen LogP contribution is 2.37. The lowest BCUT2D eigenvalue weighted by Crippen LogP contribution is -2.31. The fraction of sp³-hybridized carbons (Fsp3) is 0.231. The lowest BCUT2D eigenvalue weighted by Gasteiger charge is -2.23. The van der Waals surface area contributed by atoms with E-state index in [4.69, 9.17) is 9.47 Å². The van der Waals surface area contributed by atoms with Crippen molar-refractivity contribution in [2.75, 3.05) is 0 Å². The third kappa shape index (κ3) is 6.30. The number of nitrogens with one attached hydrogen (secondary N) is 1. The van der Waals surface area contributed by atoms with Gasteiger partial charge in [0.05, 0.1) is 4.90 Å². The molecule has 3 rings (SSSR count). The van der Waals surface area contributed by atoms with E-state index < -0.39 is 27.9 Å². The minimum absolute atomic E-state index is 0.168. The Hall–Kier alpha value is -3.49. The van der Waals surface area contributed by atoms with Crippen LogP contribution < -0.4 is 14.2 Å². The highest BCUT2D eigenvalue weighted by molar-refractivity contribution is 7.89. The molecule has 0 radical (unpaired) electrons. The van der Waals surface area contributed by atoms with Crippen LogP contribution in [0.3, 0.4) is 0 Å². The van der Waals surface area contributed by atoms with E-state index in [2.05, 4.69) is 4.72 Å². The standard InChI is InChI=1S/C26H27NO6S/c1-17(2)27-34(30,31)25-8-6-5-7-24(25)26(20-9-13-22(14-10-20)32-18(3)28)21-11-15-23(16-12-21)33-19(4)29/h5-17,26-27H,1-4H3. The van der Waals surface area contributed by atoms with Gasteiger partial charge in [0.15, 0.2) is 0 Å². The molecule has 0 heterocycles. The van der Waals surface area contributed by atoms with Crippen LogP contribution in [-0.2, 0) is 19.6 Å². The molecule has 0 bridgehead atoms. The number of hydrogen-bond acceptors (Lipinski definition) is 6. The van der Waals surface area contributed by atoms with E-state index in [0.717, 1.165) is 11.1 Å². The highest BCUT2D eigenvalue weighted by atomic mass is 32.2. The lowest BCUT2D eigenvalue weighted by molar-refractivity contribution is -0.132. The van der Waals surface area contributed by atoms with Gasteiger partial charge in [0.25, 0.3) is 0 Å². The van der Waals surface area contributed by atoms with Gasteiger partial charge in [-0.1, -0.05) is 42.5 Å². The van der Waals surface area contributed by atoms with Crippen LogP contribution in [0.5, 0.6) is 11.5 Å². The Morgan fingerprint density at radius 1 is 0.735 bits per heavy atom. The Balaban J connectivity index is 2.15. The molecule has 0 atom stereocenters. The molecule has 0 aliphatic heterocycles. The van der Waals surface area contributed by atoms with E-state index in [-0.39, 0.29) is 10.9 Å². The molecule has 178 valence electrons. The third-order valence-electron chi connectivity index (χ3n) is 4.86. The zero-order valence-corrected chi connectivity index (χ0v) is 20.3. The number of esters is 2. The minimum Gasteiger partial charge on any atom is -0.427 e. The zero-order chi connectivity index (χ0) is 24.9. The van der Waals surface area contributed by atoms with E-state index in [1.165, 1.54) is 13.8 Å². The van der Waals surface area contributed by atoms with Crippen molar-refractivity contribution in [3.8, 4) is 11.5 Å². The molecule has 1 N–H and O–H groups in total. The minimum atomic E-state index is -3.79. The first-order valence-electron chi connectivity index (χ1n) is 10.7. The van der Waals surface area contributed by atoms with E-state index in [1.54, 1.807) is 86.6 Å². The van der Waals surface area contributed by atoms with Crippen LogP contribution in [0.15, 0.2) is 77.7 Å². The van der Waals surface area contributed by atoms with Crippen LogP contribution in [0.2, 0.25) is 0 Å². The molecule has 0 aliphatic carbocycles. The molecule has 0 aromatic heterocycles. The average molecular weight is 482 g/mol. The molecule has 0 amide bonds. The monoisotopic (exact) mass is 481 g/mol. The van der Waals surface area contributed by atoms with E-state index in [1.807, 2.05) is 0 Å². The fourth-order valence-corrected chi connectivity index (χ4v) is 5.18. The summed E-state index contributed by atoms with van der Waals surface area (Å²) in [6, 6.07) is 20.4. The number of carbonyl (C=O) groups excluding carboxylic acids is 2. The fourth-order valence-electron chi connectivity index (χ4n) is 3.68. The molecule has 3 aromatic rings. The number of rotatable bonds is 8. The second kappa shape index (κ2) is 10.6. The van der Waals surface area contributed by atoms with Gasteiger partial charge in [0, 0.05) is 25.8 Å². The molecule has 0 spiro atoms. The molecular weight excluding hydrogens is 454 g/mol. The quantitative estimate of drug-likeness (QED) is 0.291. The first-order chi connectivity index (χ1) is 16.1. The van der Waals surface area contributed by atoms with Crippen molar-refractivity contribution in [1.29, 1.82) is 0 Å². The Bertz CT molecular complexity index is 1210. The van der Waals surface area contributed by atoms with Gasteiger partial charge in [-0.25, -0.2) is 13.1 Å². The average Bonchev–Trinajstić information content (AvgIpc) is 2.75. The van der Waals surface area contributed by atoms with Crippen LogP contribution in [0.25, 0.3) is 0 Å². The predicted molar refractivity (Wildman–Crippen MR) is 128 cm³/mol. The molecule has 0 unspecified atom stereocenters. The van der Waals surface area contributed by atoms with Gasteiger partial charge in [-0.2, -0.15) is 0 Å². The number of benzene rings is 3. The van der Waals surface area contributed by atoms with Crippen LogP contribution in [0.4, 0.5) is 0 Å². The van der Waals surface area contributed by atoms with Gasteiger partial charge < -0.3 is 9.47 Å². The van der Waals surface area contributed by atoms with Crippen molar-refractivity contribution in [2.24, 2.45) is 0 Å². The van der Waals surface area contributed by atoms with E-state index in [9.17, 15) is 18.0 Å². The summed E-state index contributed by atoms with van der Waals surface area (Å²) in [6.45, 7) is 6.17. The van der Waals surface area contributed by atoms with Crippen LogP contribution >= 0.6 is 0 Å². The molecule has 8 heteroatoms. The summed E-state index contributed by atoms with van der Waals surface area (Å²) in [6.07, 6.45) is 0. The Morgan fingerprint density at radius 2 is 1.18 bits per heavy atom. The van der Waals surface area contributed by atoms with Crippen molar-refractivity contribution >= 4 is 22.0 Å². The number of ether oxygens (including phenoxy) is 2. The first kappa shape index (κ1) is 25.1. The topological polar surface area (TPSA) is 98.8 Å². The summed E-state index contributed by atoms with van der Waals surface area (Å²) in [5, 5.41) is 0. The van der Waals surface area contributed by atoms with Crippen molar-refractivity contribution < 1.29 is 27.5 Å². The van der Waals surface area contributed by atoms with Gasteiger partial charge in [-0.3, -0.25) is 9.59 Å². The number of hydrogen-bond donors (Lipinski definition) is 1. The summed E-state index contributed by atoms with van der Waals surface area (Å²) in [5.74, 6) is -0.536. The van der Waals surface area contributed by atoms with E-state index >= 15 is 0 Å². The van der Waals surface area contributed by atoms with Gasteiger partial charge in [0.2, 0.25) is 10.0 Å². The predicted octanol–water partition coefficient (Wildman–Crippen LogP) is 4.40. The second-order valence-electron chi connectivity index (χ2n) is 8.07. The third-order valence-corrected chi connectivity index (χ3v) is 6.59. The molecular formula is C26H27NO6S. The molecule has 0 fully saturated rings. The normalized spacial score (nSPS) is 11.5. The van der Waals surface area contributed by atoms with Crippen LogP contribution in [0, 0.1) is 0 Å². The molecule has 0 aliphatic rings. The maximum Gasteiger partial charge on any atom is 0.308 e. The summed E-state index contributed by atoms with van der Waals surface area (Å²) in [5.41, 5.74) is 2.17. The summed E-state index contributed by atoms with van der Waals surface area (Å²) >= 11 is 0. The highest BCUT2D eigenvalue weighted by Gasteiger charge is 2.26. The van der Waals surface area contributed by atoms with Crippen molar-refractivity contribution in [2.45, 2.75) is 44.6 Å². The van der Waals surface area contributed by atoms with Gasteiger partial charge in [-0.15, -0.1) is 0 Å². The molecule has 7 nitrogen and oxygen atoms in total. The summed E-state index contributed by atoms with van der Waals surface area (Å²) in [7, 11) is -3.79. The van der Waals surface area contributed by atoms with Gasteiger partial charge in [0.1, 0.15) is 11.5 Å². The van der Waals surface area contributed by atoms with Gasteiger partial charge >= 0.3 is 11.9 Å². The summed E-state index contributed by atoms with van der Waals surface area (Å²) < 4.78 is 39.2. The summed E-state index contributed by atoms with van der Waals surface area (Å²) in [4.78, 5) is 22.8. The SMILES string of the molecule is CC(=O)Oc1ccc(C(c2ccc(OC(C)=O)cc2)c2ccccc2S(=O)(=O)NC(C)C)cc1. The largest absolute Gasteiger partial charge is 0.427 e. The first-order valence-corrected chi connectivity index (χ1v) is 12.2. The molecule has 0 saturated heterocycles. The van der Waals surface area contributed by atoms with Gasteiger partial charge in [-0.05, 0) is 60.9 Å². The second-order valence-corrected chi connectivity index (χ2v) is 9.75. The maximum atomic E-state index is 13.2. The molecule has 3 aromatic carbocycles. The Labute approximate surface area is 199 Å². The molecule has 34 heavy (non-hydrogen) atoms. The van der Waals surface area contributed by atoms with Crippen molar-refractivity contribution in [3.63, 3.8) is 0 Å². The molecule has 0 saturated carbocycles. The zero-order valence-electron chi connectivity index (χ0n) is 19.4. The van der Waals surface area contributed by atoms with Crippen molar-refractivity contribution in [3.05, 3.63) is 89.5 Å². The lowest BCUT2D eigenvalue weighted by atomic mass is 9.85.